The molecule has 0 spiro atoms. The molecule has 19 heavy (non-hydrogen) atoms. The van der Waals surface area contributed by atoms with E-state index in [0.717, 1.165) is 40.9 Å². The van der Waals surface area contributed by atoms with E-state index >= 15 is 0 Å². The van der Waals surface area contributed by atoms with Gasteiger partial charge in [0.2, 0.25) is 0 Å². The topological polar surface area (TPSA) is 41.1 Å². The van der Waals surface area contributed by atoms with Crippen LogP contribution in [0.3, 0.4) is 0 Å². The zero-order valence-corrected chi connectivity index (χ0v) is 12.0. The fraction of sp³-hybridized carbons (Fsp3) is 0.357. The van der Waals surface area contributed by atoms with Gasteiger partial charge in [-0.15, -0.1) is 11.3 Å². The van der Waals surface area contributed by atoms with Crippen molar-refractivity contribution in [3.8, 4) is 0 Å². The van der Waals surface area contributed by atoms with E-state index in [0.29, 0.717) is 5.02 Å². The van der Waals surface area contributed by atoms with Crippen LogP contribution >= 0.6 is 22.9 Å². The van der Waals surface area contributed by atoms with Crippen LogP contribution < -0.4 is 10.6 Å². The van der Waals surface area contributed by atoms with E-state index in [1.54, 1.807) is 0 Å². The van der Waals surface area contributed by atoms with Crippen LogP contribution in [0.15, 0.2) is 24.3 Å². The largest absolute Gasteiger partial charge is 0.347 e. The summed E-state index contributed by atoms with van der Waals surface area (Å²) in [5, 5.41) is 8.12. The van der Waals surface area contributed by atoms with Crippen LogP contribution in [0.25, 0.3) is 10.1 Å². The average Bonchev–Trinajstić information content (AvgIpc) is 2.83. The number of carbonyl (C=O) groups is 1. The molecule has 1 saturated heterocycles. The third kappa shape index (κ3) is 2.91. The summed E-state index contributed by atoms with van der Waals surface area (Å²) < 4.78 is 1.09. The maximum atomic E-state index is 12.2. The second-order valence-electron chi connectivity index (χ2n) is 4.81. The molecule has 100 valence electrons. The van der Waals surface area contributed by atoms with Gasteiger partial charge in [-0.25, -0.2) is 0 Å². The minimum absolute atomic E-state index is 0.0195. The van der Waals surface area contributed by atoms with Crippen LogP contribution in [0.4, 0.5) is 0 Å². The van der Waals surface area contributed by atoms with Gasteiger partial charge in [0.05, 0.1) is 4.88 Å². The third-order valence-corrected chi connectivity index (χ3v) is 4.68. The molecule has 0 saturated carbocycles. The fourth-order valence-electron chi connectivity index (χ4n) is 2.36. The Kier molecular flexibility index (Phi) is 3.73. The molecule has 2 N–H and O–H groups in total. The highest BCUT2D eigenvalue weighted by Crippen LogP contribution is 2.28. The number of amides is 1. The lowest BCUT2D eigenvalue weighted by molar-refractivity contribution is 0.0935. The molecular weight excluding hydrogens is 280 g/mol. The Morgan fingerprint density at radius 3 is 3.11 bits per heavy atom. The molecule has 1 amide bonds. The molecule has 1 unspecified atom stereocenters. The number of carbonyl (C=O) groups excluding carboxylic acids is 1. The quantitative estimate of drug-likeness (QED) is 0.894. The summed E-state index contributed by atoms with van der Waals surface area (Å²) in [7, 11) is 0. The summed E-state index contributed by atoms with van der Waals surface area (Å²) in [6.07, 6.45) is 2.17. The van der Waals surface area contributed by atoms with Crippen LogP contribution in [0.2, 0.25) is 5.02 Å². The number of rotatable bonds is 2. The second kappa shape index (κ2) is 5.49. The number of halogens is 1. The minimum Gasteiger partial charge on any atom is -0.347 e. The Bertz CT molecular complexity index is 605. The molecule has 2 aromatic rings. The molecule has 1 aromatic heterocycles. The van der Waals surface area contributed by atoms with Crippen molar-refractivity contribution in [2.24, 2.45) is 0 Å². The first-order valence-corrected chi connectivity index (χ1v) is 7.62. The summed E-state index contributed by atoms with van der Waals surface area (Å²) in [5.41, 5.74) is 0. The first kappa shape index (κ1) is 12.9. The zero-order chi connectivity index (χ0) is 13.2. The van der Waals surface area contributed by atoms with Crippen LogP contribution in [0.5, 0.6) is 0 Å². The van der Waals surface area contributed by atoms with E-state index in [1.807, 2.05) is 24.3 Å². The summed E-state index contributed by atoms with van der Waals surface area (Å²) in [6.45, 7) is 1.91. The Labute approximate surface area is 121 Å². The van der Waals surface area contributed by atoms with E-state index in [4.69, 9.17) is 11.6 Å². The van der Waals surface area contributed by atoms with Gasteiger partial charge < -0.3 is 10.6 Å². The number of nitrogens with one attached hydrogen (secondary N) is 2. The predicted molar refractivity (Wildman–Crippen MR) is 80.2 cm³/mol. The summed E-state index contributed by atoms with van der Waals surface area (Å²) in [5.74, 6) is 0.0195. The molecule has 3 nitrogen and oxygen atoms in total. The molecule has 2 heterocycles. The lowest BCUT2D eigenvalue weighted by atomic mass is 10.1. The van der Waals surface area contributed by atoms with Crippen molar-refractivity contribution in [3.63, 3.8) is 0 Å². The second-order valence-corrected chi connectivity index (χ2v) is 6.33. The van der Waals surface area contributed by atoms with E-state index in [-0.39, 0.29) is 11.9 Å². The van der Waals surface area contributed by atoms with Crippen LogP contribution in [0.1, 0.15) is 22.5 Å². The Hall–Kier alpha value is -1.10. The lowest BCUT2D eigenvalue weighted by Crippen LogP contribution is -2.45. The van der Waals surface area contributed by atoms with Crippen molar-refractivity contribution in [1.82, 2.24) is 10.6 Å². The number of benzene rings is 1. The molecule has 1 atom stereocenters. The Morgan fingerprint density at radius 1 is 1.42 bits per heavy atom. The SMILES string of the molecule is O=C(NC1CCCNC1)c1cc2cc(Cl)ccc2s1. The number of fused-ring (bicyclic) bond motifs is 1. The third-order valence-electron chi connectivity index (χ3n) is 3.33. The smallest absolute Gasteiger partial charge is 0.261 e. The normalized spacial score (nSPS) is 19.5. The Balaban J connectivity index is 1.77. The van der Waals surface area contributed by atoms with Gasteiger partial charge in [-0.3, -0.25) is 4.79 Å². The maximum Gasteiger partial charge on any atom is 0.261 e. The fourth-order valence-corrected chi connectivity index (χ4v) is 3.48. The monoisotopic (exact) mass is 294 g/mol. The summed E-state index contributed by atoms with van der Waals surface area (Å²) >= 11 is 7.47. The van der Waals surface area contributed by atoms with Crippen molar-refractivity contribution in [3.05, 3.63) is 34.2 Å². The molecule has 0 aliphatic carbocycles. The van der Waals surface area contributed by atoms with Crippen molar-refractivity contribution in [2.45, 2.75) is 18.9 Å². The van der Waals surface area contributed by atoms with Gasteiger partial charge in [0.1, 0.15) is 0 Å². The van der Waals surface area contributed by atoms with E-state index in [2.05, 4.69) is 10.6 Å². The molecule has 0 bridgehead atoms. The van der Waals surface area contributed by atoms with E-state index in [9.17, 15) is 4.79 Å². The molecule has 0 radical (unpaired) electrons. The molecule has 3 rings (SSSR count). The first-order chi connectivity index (χ1) is 9.22. The van der Waals surface area contributed by atoms with Gasteiger partial charge in [0.25, 0.3) is 5.91 Å². The highest BCUT2D eigenvalue weighted by Gasteiger charge is 2.17. The first-order valence-electron chi connectivity index (χ1n) is 6.43. The number of thiophene rings is 1. The van der Waals surface area contributed by atoms with Gasteiger partial charge in [-0.2, -0.15) is 0 Å². The minimum atomic E-state index is 0.0195. The molecule has 5 heteroatoms. The number of hydrogen-bond donors (Lipinski definition) is 2. The van der Waals surface area contributed by atoms with Gasteiger partial charge in [-0.05, 0) is 49.0 Å². The molecule has 1 aromatic carbocycles. The van der Waals surface area contributed by atoms with Crippen molar-refractivity contribution in [1.29, 1.82) is 0 Å². The van der Waals surface area contributed by atoms with Gasteiger partial charge >= 0.3 is 0 Å². The van der Waals surface area contributed by atoms with E-state index < -0.39 is 0 Å². The van der Waals surface area contributed by atoms with Crippen molar-refractivity contribution in [2.75, 3.05) is 13.1 Å². The van der Waals surface area contributed by atoms with E-state index in [1.165, 1.54) is 11.3 Å². The van der Waals surface area contributed by atoms with Crippen LogP contribution in [-0.4, -0.2) is 25.0 Å². The lowest BCUT2D eigenvalue weighted by Gasteiger charge is -2.23. The molecule has 1 aliphatic rings. The standard InChI is InChI=1S/C14H15ClN2OS/c15-10-3-4-12-9(6-10)7-13(19-12)14(18)17-11-2-1-5-16-8-11/h3-4,6-7,11,16H,1-2,5,8H2,(H,17,18). The van der Waals surface area contributed by atoms with Crippen molar-refractivity contribution < 1.29 is 4.79 Å². The molecule has 1 aliphatic heterocycles. The molecule has 1 fully saturated rings. The highest BCUT2D eigenvalue weighted by molar-refractivity contribution is 7.20. The van der Waals surface area contributed by atoms with Crippen molar-refractivity contribution >= 4 is 38.9 Å². The average molecular weight is 295 g/mol. The Morgan fingerprint density at radius 2 is 2.32 bits per heavy atom. The van der Waals surface area contributed by atoms with Gasteiger partial charge in [0.15, 0.2) is 0 Å². The van der Waals surface area contributed by atoms with Crippen LogP contribution in [0, 0.1) is 0 Å². The maximum absolute atomic E-state index is 12.2. The summed E-state index contributed by atoms with van der Waals surface area (Å²) in [4.78, 5) is 13.0. The van der Waals surface area contributed by atoms with Gasteiger partial charge in [-0.1, -0.05) is 11.6 Å². The zero-order valence-electron chi connectivity index (χ0n) is 10.4. The van der Waals surface area contributed by atoms with Crippen LogP contribution in [-0.2, 0) is 0 Å². The highest BCUT2D eigenvalue weighted by atomic mass is 35.5. The number of piperidine rings is 1. The predicted octanol–water partition coefficient (Wildman–Crippen LogP) is 3.04. The molecular formula is C14H15ClN2OS. The number of hydrogen-bond acceptors (Lipinski definition) is 3. The summed E-state index contributed by atoms with van der Waals surface area (Å²) in [6, 6.07) is 7.87. The van der Waals surface area contributed by atoms with Gasteiger partial charge in [0, 0.05) is 22.3 Å².